The maximum atomic E-state index is 7.00. The molecule has 1 heteroatoms. The Labute approximate surface area is 106 Å². The fourth-order valence-corrected chi connectivity index (χ4v) is 2.51. The summed E-state index contributed by atoms with van der Waals surface area (Å²) in [5.74, 6) is 0.846. The molecule has 1 aromatic carbocycles. The van der Waals surface area contributed by atoms with Gasteiger partial charge in [0.05, 0.1) is 0 Å². The average Bonchev–Trinajstić information content (AvgIpc) is 2.84. The summed E-state index contributed by atoms with van der Waals surface area (Å²) in [5, 5.41) is 7.00. The van der Waals surface area contributed by atoms with Crippen molar-refractivity contribution in [2.24, 2.45) is 0 Å². The summed E-state index contributed by atoms with van der Waals surface area (Å²) in [4.78, 5) is 0. The van der Waals surface area contributed by atoms with Crippen LogP contribution < -0.4 is 0 Å². The van der Waals surface area contributed by atoms with Crippen molar-refractivity contribution in [1.29, 1.82) is 0 Å². The highest BCUT2D eigenvalue weighted by molar-refractivity contribution is 5.29. The molecule has 17 heavy (non-hydrogen) atoms. The van der Waals surface area contributed by atoms with Crippen molar-refractivity contribution in [2.75, 3.05) is 7.11 Å². The Morgan fingerprint density at radius 1 is 0.941 bits per heavy atom. The van der Waals surface area contributed by atoms with Gasteiger partial charge in [0.15, 0.2) is 0 Å². The van der Waals surface area contributed by atoms with Gasteiger partial charge in [-0.3, -0.25) is 0 Å². The van der Waals surface area contributed by atoms with Crippen LogP contribution in [0.1, 0.15) is 63.5 Å². The fourth-order valence-electron chi connectivity index (χ4n) is 2.51. The molecule has 96 valence electrons. The minimum Gasteiger partial charge on any atom is -0.400 e. The minimum atomic E-state index is 0.286. The summed E-state index contributed by atoms with van der Waals surface area (Å²) in [5.41, 5.74) is 3.29. The van der Waals surface area contributed by atoms with Crippen LogP contribution in [0.5, 0.6) is 0 Å². The maximum absolute atomic E-state index is 7.00. The summed E-state index contributed by atoms with van der Waals surface area (Å²) in [6.45, 7) is 6.83. The molecule has 1 saturated carbocycles. The van der Waals surface area contributed by atoms with E-state index >= 15 is 0 Å². The molecule has 0 aromatic heterocycles. The van der Waals surface area contributed by atoms with Gasteiger partial charge in [-0.15, -0.1) is 0 Å². The number of hydrogen-bond donors (Lipinski definition) is 1. The molecule has 2 rings (SSSR count). The van der Waals surface area contributed by atoms with Crippen LogP contribution in [0.4, 0.5) is 0 Å². The van der Waals surface area contributed by atoms with Gasteiger partial charge in [0.25, 0.3) is 0 Å². The molecule has 0 amide bonds. The SMILES string of the molecule is CC(C)(C)c1ccc(C2CCCC2)cc1.CO. The molecular formula is C16H26O. The smallest absolute Gasteiger partial charge is 0.0319 e. The van der Waals surface area contributed by atoms with Crippen molar-refractivity contribution in [3.8, 4) is 0 Å². The first-order valence-corrected chi connectivity index (χ1v) is 6.62. The third-order valence-electron chi connectivity index (χ3n) is 3.60. The molecule has 0 saturated heterocycles. The van der Waals surface area contributed by atoms with Crippen LogP contribution in [0.3, 0.4) is 0 Å². The Hall–Kier alpha value is -0.820. The highest BCUT2D eigenvalue weighted by Gasteiger charge is 2.18. The maximum Gasteiger partial charge on any atom is 0.0319 e. The van der Waals surface area contributed by atoms with Gasteiger partial charge >= 0.3 is 0 Å². The lowest BCUT2D eigenvalue weighted by Crippen LogP contribution is -2.10. The molecule has 0 heterocycles. The van der Waals surface area contributed by atoms with E-state index in [9.17, 15) is 0 Å². The van der Waals surface area contributed by atoms with E-state index in [1.54, 1.807) is 5.56 Å². The molecule has 0 aliphatic heterocycles. The molecule has 1 nitrogen and oxygen atoms in total. The van der Waals surface area contributed by atoms with Crippen LogP contribution in [-0.2, 0) is 5.41 Å². The van der Waals surface area contributed by atoms with Gasteiger partial charge in [-0.2, -0.15) is 0 Å². The molecule has 0 unspecified atom stereocenters. The quantitative estimate of drug-likeness (QED) is 0.770. The number of hydrogen-bond acceptors (Lipinski definition) is 1. The predicted octanol–water partition coefficient (Wildman–Crippen LogP) is 4.25. The standard InChI is InChI=1S/C15H22.CH4O/c1-15(2,3)14-10-8-13(9-11-14)12-6-4-5-7-12;1-2/h8-12H,4-7H2,1-3H3;2H,1H3. The largest absolute Gasteiger partial charge is 0.400 e. The van der Waals surface area contributed by atoms with E-state index in [1.165, 1.54) is 31.2 Å². The lowest BCUT2D eigenvalue weighted by atomic mass is 9.85. The monoisotopic (exact) mass is 234 g/mol. The van der Waals surface area contributed by atoms with Crippen LogP contribution >= 0.6 is 0 Å². The molecule has 0 radical (unpaired) electrons. The first-order chi connectivity index (χ1) is 8.07. The van der Waals surface area contributed by atoms with E-state index in [2.05, 4.69) is 45.0 Å². The Morgan fingerprint density at radius 3 is 1.82 bits per heavy atom. The van der Waals surface area contributed by atoms with Crippen molar-refractivity contribution in [2.45, 2.75) is 57.8 Å². The van der Waals surface area contributed by atoms with Gasteiger partial charge in [0.2, 0.25) is 0 Å². The van der Waals surface area contributed by atoms with Gasteiger partial charge in [0.1, 0.15) is 0 Å². The van der Waals surface area contributed by atoms with E-state index in [-0.39, 0.29) is 5.41 Å². The van der Waals surface area contributed by atoms with Gasteiger partial charge in [-0.25, -0.2) is 0 Å². The zero-order valence-corrected chi connectivity index (χ0v) is 11.7. The third kappa shape index (κ3) is 3.85. The van der Waals surface area contributed by atoms with E-state index in [1.807, 2.05) is 0 Å². The predicted molar refractivity (Wildman–Crippen MR) is 74.5 cm³/mol. The molecule has 0 atom stereocenters. The summed E-state index contributed by atoms with van der Waals surface area (Å²) in [6.07, 6.45) is 5.64. The molecule has 1 aliphatic carbocycles. The van der Waals surface area contributed by atoms with Crippen molar-refractivity contribution in [3.63, 3.8) is 0 Å². The zero-order valence-electron chi connectivity index (χ0n) is 11.7. The molecule has 1 N–H and O–H groups in total. The molecule has 0 spiro atoms. The molecule has 1 aromatic rings. The highest BCUT2D eigenvalue weighted by atomic mass is 16.2. The zero-order chi connectivity index (χ0) is 12.9. The average molecular weight is 234 g/mol. The molecule has 1 fully saturated rings. The lowest BCUT2D eigenvalue weighted by molar-refractivity contribution is 0.399. The molecule has 0 bridgehead atoms. The Balaban J connectivity index is 0.000000686. The second-order valence-corrected chi connectivity index (χ2v) is 5.85. The van der Waals surface area contributed by atoms with Gasteiger partial charge in [-0.05, 0) is 35.3 Å². The number of aliphatic hydroxyl groups excluding tert-OH is 1. The van der Waals surface area contributed by atoms with Crippen molar-refractivity contribution >= 4 is 0 Å². The van der Waals surface area contributed by atoms with E-state index in [0.29, 0.717) is 0 Å². The van der Waals surface area contributed by atoms with E-state index in [4.69, 9.17) is 5.11 Å². The topological polar surface area (TPSA) is 20.2 Å². The summed E-state index contributed by atoms with van der Waals surface area (Å²) < 4.78 is 0. The van der Waals surface area contributed by atoms with Crippen molar-refractivity contribution in [1.82, 2.24) is 0 Å². The fraction of sp³-hybridized carbons (Fsp3) is 0.625. The second kappa shape index (κ2) is 6.20. The van der Waals surface area contributed by atoms with Crippen LogP contribution in [-0.4, -0.2) is 12.2 Å². The Morgan fingerprint density at radius 2 is 1.41 bits per heavy atom. The van der Waals surface area contributed by atoms with Crippen molar-refractivity contribution < 1.29 is 5.11 Å². The van der Waals surface area contributed by atoms with Gasteiger partial charge in [-0.1, -0.05) is 57.9 Å². The minimum absolute atomic E-state index is 0.286. The summed E-state index contributed by atoms with van der Waals surface area (Å²) in [6, 6.07) is 9.31. The number of benzene rings is 1. The van der Waals surface area contributed by atoms with Gasteiger partial charge < -0.3 is 5.11 Å². The molecule has 1 aliphatic rings. The highest BCUT2D eigenvalue weighted by Crippen LogP contribution is 2.34. The van der Waals surface area contributed by atoms with E-state index < -0.39 is 0 Å². The normalized spacial score (nSPS) is 16.5. The van der Waals surface area contributed by atoms with Gasteiger partial charge in [0, 0.05) is 7.11 Å². The number of rotatable bonds is 1. The Bertz CT molecular complexity index is 312. The first kappa shape index (κ1) is 14.2. The first-order valence-electron chi connectivity index (χ1n) is 6.62. The molecular weight excluding hydrogens is 208 g/mol. The second-order valence-electron chi connectivity index (χ2n) is 5.85. The van der Waals surface area contributed by atoms with Crippen LogP contribution in [0.15, 0.2) is 24.3 Å². The lowest BCUT2D eigenvalue weighted by Gasteiger charge is -2.20. The van der Waals surface area contributed by atoms with Crippen LogP contribution in [0.2, 0.25) is 0 Å². The van der Waals surface area contributed by atoms with Crippen LogP contribution in [0, 0.1) is 0 Å². The third-order valence-corrected chi connectivity index (χ3v) is 3.60. The van der Waals surface area contributed by atoms with Crippen molar-refractivity contribution in [3.05, 3.63) is 35.4 Å². The summed E-state index contributed by atoms with van der Waals surface area (Å²) in [7, 11) is 1.00. The number of aliphatic hydroxyl groups is 1. The summed E-state index contributed by atoms with van der Waals surface area (Å²) >= 11 is 0. The van der Waals surface area contributed by atoms with E-state index in [0.717, 1.165) is 13.0 Å². The van der Waals surface area contributed by atoms with Crippen LogP contribution in [0.25, 0.3) is 0 Å². The Kier molecular flexibility index (Phi) is 5.20.